The quantitative estimate of drug-likeness (QED) is 0.865. The third-order valence-electron chi connectivity index (χ3n) is 2.83. The van der Waals surface area contributed by atoms with Gasteiger partial charge in [0.2, 0.25) is 10.0 Å². The Bertz CT molecular complexity index is 675. The van der Waals surface area contributed by atoms with Gasteiger partial charge in [-0.25, -0.2) is 13.1 Å². The Balaban J connectivity index is 2.07. The van der Waals surface area contributed by atoms with E-state index in [1.807, 2.05) is 30.3 Å². The molecule has 0 aliphatic carbocycles. The lowest BCUT2D eigenvalue weighted by Crippen LogP contribution is -2.31. The maximum atomic E-state index is 12.1. The highest BCUT2D eigenvalue weighted by Crippen LogP contribution is 2.16. The van der Waals surface area contributed by atoms with Crippen LogP contribution in [0, 0.1) is 0 Å². The molecule has 6 heteroatoms. The van der Waals surface area contributed by atoms with Gasteiger partial charge in [0.05, 0.1) is 4.90 Å². The molecule has 1 atom stereocenters. The standard InChI is InChI=1S/C14H15BrN2O2S/c15-12-7-4-8-13(9-12)20(18,19)17-10-14(16)11-5-2-1-3-6-11/h1-9,14,17H,10,16H2. The van der Waals surface area contributed by atoms with E-state index in [4.69, 9.17) is 5.73 Å². The van der Waals surface area contributed by atoms with Crippen molar-refractivity contribution >= 4 is 26.0 Å². The summed E-state index contributed by atoms with van der Waals surface area (Å²) >= 11 is 3.25. The van der Waals surface area contributed by atoms with E-state index in [2.05, 4.69) is 20.7 Å². The van der Waals surface area contributed by atoms with E-state index in [0.29, 0.717) is 4.47 Å². The van der Waals surface area contributed by atoms with E-state index in [1.54, 1.807) is 24.3 Å². The number of hydrogen-bond donors (Lipinski definition) is 2. The predicted octanol–water partition coefficient (Wildman–Crippen LogP) is 2.43. The molecular formula is C14H15BrN2O2S. The van der Waals surface area contributed by atoms with Crippen molar-refractivity contribution < 1.29 is 8.42 Å². The molecule has 0 amide bonds. The van der Waals surface area contributed by atoms with Gasteiger partial charge in [0.1, 0.15) is 0 Å². The summed E-state index contributed by atoms with van der Waals surface area (Å²) in [7, 11) is -3.55. The average molecular weight is 355 g/mol. The number of sulfonamides is 1. The van der Waals surface area contributed by atoms with Gasteiger partial charge >= 0.3 is 0 Å². The smallest absolute Gasteiger partial charge is 0.240 e. The molecule has 0 saturated carbocycles. The first kappa shape index (κ1) is 15.2. The molecule has 0 fully saturated rings. The van der Waals surface area contributed by atoms with Crippen LogP contribution in [0.5, 0.6) is 0 Å². The first-order chi connectivity index (χ1) is 9.49. The highest BCUT2D eigenvalue weighted by atomic mass is 79.9. The van der Waals surface area contributed by atoms with Crippen LogP contribution < -0.4 is 10.5 Å². The number of halogens is 1. The molecule has 3 N–H and O–H groups in total. The summed E-state index contributed by atoms with van der Waals surface area (Å²) < 4.78 is 27.5. The van der Waals surface area contributed by atoms with Crippen LogP contribution in [0.15, 0.2) is 64.0 Å². The molecule has 0 aliphatic rings. The Morgan fingerprint density at radius 2 is 1.80 bits per heavy atom. The molecule has 20 heavy (non-hydrogen) atoms. The van der Waals surface area contributed by atoms with Crippen LogP contribution in [-0.2, 0) is 10.0 Å². The minimum atomic E-state index is -3.55. The third kappa shape index (κ3) is 3.89. The lowest BCUT2D eigenvalue weighted by atomic mass is 10.1. The number of benzene rings is 2. The summed E-state index contributed by atoms with van der Waals surface area (Å²) in [4.78, 5) is 0.215. The molecule has 2 aromatic rings. The zero-order chi connectivity index (χ0) is 14.6. The summed E-state index contributed by atoms with van der Waals surface area (Å²) in [6.07, 6.45) is 0. The summed E-state index contributed by atoms with van der Waals surface area (Å²) in [5, 5.41) is 0. The van der Waals surface area contributed by atoms with Gasteiger partial charge in [-0.2, -0.15) is 0 Å². The zero-order valence-electron chi connectivity index (χ0n) is 10.7. The van der Waals surface area contributed by atoms with Gasteiger partial charge in [0.15, 0.2) is 0 Å². The summed E-state index contributed by atoms with van der Waals surface area (Å²) in [6.45, 7) is 0.152. The van der Waals surface area contributed by atoms with E-state index in [0.717, 1.165) is 5.56 Å². The molecule has 0 bridgehead atoms. The van der Waals surface area contributed by atoms with E-state index in [9.17, 15) is 8.42 Å². The molecule has 0 heterocycles. The molecule has 0 aromatic heterocycles. The van der Waals surface area contributed by atoms with Crippen LogP contribution in [0.1, 0.15) is 11.6 Å². The minimum absolute atomic E-state index is 0.152. The van der Waals surface area contributed by atoms with Crippen molar-refractivity contribution in [1.29, 1.82) is 0 Å². The molecule has 0 aliphatic heterocycles. The number of nitrogens with one attached hydrogen (secondary N) is 1. The molecule has 2 aromatic carbocycles. The fraction of sp³-hybridized carbons (Fsp3) is 0.143. The second-order valence-electron chi connectivity index (χ2n) is 4.33. The molecule has 0 spiro atoms. The SMILES string of the molecule is NC(CNS(=O)(=O)c1cccc(Br)c1)c1ccccc1. The van der Waals surface area contributed by atoms with Gasteiger partial charge < -0.3 is 5.73 Å². The van der Waals surface area contributed by atoms with Crippen LogP contribution >= 0.6 is 15.9 Å². The summed E-state index contributed by atoms with van der Waals surface area (Å²) in [6, 6.07) is 15.5. The van der Waals surface area contributed by atoms with Gasteiger partial charge in [-0.15, -0.1) is 0 Å². The monoisotopic (exact) mass is 354 g/mol. The molecule has 1 unspecified atom stereocenters. The first-order valence-electron chi connectivity index (χ1n) is 6.05. The Labute approximate surface area is 127 Å². The molecular weight excluding hydrogens is 340 g/mol. The topological polar surface area (TPSA) is 72.2 Å². The van der Waals surface area contributed by atoms with Crippen molar-refractivity contribution in [2.75, 3.05) is 6.54 Å². The van der Waals surface area contributed by atoms with Crippen molar-refractivity contribution in [2.24, 2.45) is 5.73 Å². The first-order valence-corrected chi connectivity index (χ1v) is 8.32. The van der Waals surface area contributed by atoms with E-state index >= 15 is 0 Å². The van der Waals surface area contributed by atoms with Gasteiger partial charge in [-0.1, -0.05) is 52.3 Å². The largest absolute Gasteiger partial charge is 0.323 e. The maximum Gasteiger partial charge on any atom is 0.240 e. The lowest BCUT2D eigenvalue weighted by molar-refractivity contribution is 0.572. The van der Waals surface area contributed by atoms with E-state index < -0.39 is 10.0 Å². The van der Waals surface area contributed by atoms with Gasteiger partial charge in [-0.05, 0) is 23.8 Å². The van der Waals surface area contributed by atoms with Crippen molar-refractivity contribution in [3.63, 3.8) is 0 Å². The van der Waals surface area contributed by atoms with E-state index in [1.165, 1.54) is 0 Å². The average Bonchev–Trinajstić information content (AvgIpc) is 2.46. The van der Waals surface area contributed by atoms with Crippen molar-refractivity contribution in [1.82, 2.24) is 4.72 Å². The Hall–Kier alpha value is -1.21. The summed E-state index contributed by atoms with van der Waals surface area (Å²) in [5.74, 6) is 0. The Kier molecular flexibility index (Phi) is 4.93. The van der Waals surface area contributed by atoms with Crippen LogP contribution in [0.4, 0.5) is 0 Å². The van der Waals surface area contributed by atoms with Crippen molar-refractivity contribution in [3.05, 3.63) is 64.6 Å². The number of hydrogen-bond acceptors (Lipinski definition) is 3. The molecule has 106 valence electrons. The lowest BCUT2D eigenvalue weighted by Gasteiger charge is -2.13. The normalized spacial score (nSPS) is 13.1. The molecule has 0 radical (unpaired) electrons. The molecule has 2 rings (SSSR count). The van der Waals surface area contributed by atoms with Crippen LogP contribution in [-0.4, -0.2) is 15.0 Å². The number of rotatable bonds is 5. The van der Waals surface area contributed by atoms with Gasteiger partial charge in [0, 0.05) is 17.1 Å². The molecule has 0 saturated heterocycles. The predicted molar refractivity (Wildman–Crippen MR) is 82.7 cm³/mol. The highest BCUT2D eigenvalue weighted by Gasteiger charge is 2.16. The van der Waals surface area contributed by atoms with Crippen LogP contribution in [0.2, 0.25) is 0 Å². The Morgan fingerprint density at radius 3 is 2.45 bits per heavy atom. The highest BCUT2D eigenvalue weighted by molar-refractivity contribution is 9.10. The van der Waals surface area contributed by atoms with E-state index in [-0.39, 0.29) is 17.5 Å². The second kappa shape index (κ2) is 6.49. The minimum Gasteiger partial charge on any atom is -0.323 e. The van der Waals surface area contributed by atoms with Crippen molar-refractivity contribution in [2.45, 2.75) is 10.9 Å². The summed E-state index contributed by atoms with van der Waals surface area (Å²) in [5.41, 5.74) is 6.87. The van der Waals surface area contributed by atoms with Crippen LogP contribution in [0.3, 0.4) is 0 Å². The van der Waals surface area contributed by atoms with Crippen molar-refractivity contribution in [3.8, 4) is 0 Å². The fourth-order valence-corrected chi connectivity index (χ4v) is 3.39. The Morgan fingerprint density at radius 1 is 1.10 bits per heavy atom. The number of nitrogens with two attached hydrogens (primary N) is 1. The fourth-order valence-electron chi connectivity index (χ4n) is 1.74. The molecule has 4 nitrogen and oxygen atoms in total. The van der Waals surface area contributed by atoms with Gasteiger partial charge in [-0.3, -0.25) is 0 Å². The second-order valence-corrected chi connectivity index (χ2v) is 7.01. The van der Waals surface area contributed by atoms with Crippen LogP contribution in [0.25, 0.3) is 0 Å². The zero-order valence-corrected chi connectivity index (χ0v) is 13.1. The maximum absolute atomic E-state index is 12.1. The third-order valence-corrected chi connectivity index (χ3v) is 4.74. The van der Waals surface area contributed by atoms with Gasteiger partial charge in [0.25, 0.3) is 0 Å².